The summed E-state index contributed by atoms with van der Waals surface area (Å²) in [4.78, 5) is 50.3. The van der Waals surface area contributed by atoms with Crippen molar-refractivity contribution in [2.45, 2.75) is 38.0 Å². The molecule has 198 valence electrons. The highest BCUT2D eigenvalue weighted by atomic mass is 31.3. The Labute approximate surface area is 196 Å². The number of ether oxygens (including phenoxy) is 1. The molecule has 5 N–H and O–H groups in total. The van der Waals surface area contributed by atoms with E-state index in [1.54, 1.807) is 25.9 Å². The maximum Gasteiger partial charge on any atom is 0.490 e. The van der Waals surface area contributed by atoms with Crippen molar-refractivity contribution in [2.24, 2.45) is 0 Å². The van der Waals surface area contributed by atoms with Crippen LogP contribution in [-0.4, -0.2) is 82.8 Å². The van der Waals surface area contributed by atoms with Gasteiger partial charge in [0, 0.05) is 14.1 Å². The van der Waals surface area contributed by atoms with Crippen molar-refractivity contribution in [1.82, 2.24) is 19.5 Å². The molecule has 3 rings (SSSR count). The lowest BCUT2D eigenvalue weighted by atomic mass is 9.98. The molecule has 1 saturated heterocycles. The Balaban J connectivity index is 1.81. The largest absolute Gasteiger partial charge is 0.490 e. The molecule has 17 nitrogen and oxygen atoms in total. The predicted molar refractivity (Wildman–Crippen MR) is 114 cm³/mol. The first-order valence-corrected chi connectivity index (χ1v) is 14.0. The Morgan fingerprint density at radius 1 is 1.17 bits per heavy atom. The minimum Gasteiger partial charge on any atom is -0.387 e. The van der Waals surface area contributed by atoms with Gasteiger partial charge in [0.2, 0.25) is 0 Å². The summed E-state index contributed by atoms with van der Waals surface area (Å²) in [7, 11) is -13.4. The van der Waals surface area contributed by atoms with Crippen molar-refractivity contribution in [3.8, 4) is 0 Å². The first-order chi connectivity index (χ1) is 15.8. The van der Waals surface area contributed by atoms with E-state index in [1.807, 2.05) is 0 Å². The normalized spacial score (nSPS) is 28.7. The van der Waals surface area contributed by atoms with Gasteiger partial charge in [-0.1, -0.05) is 0 Å². The molecular formula is C14H23FN5O12P3. The SMILES string of the molecule is Cc1nc(N(C)C)c2ncn([C@@H]3O[C@H](COP(=O)(O)OP(=O)(O)OP(=O)(O)O)[C@@H](O)[C@@]3(C)F)c2n1. The number of nitrogens with zero attached hydrogens (tertiary/aromatic N) is 5. The van der Waals surface area contributed by atoms with Gasteiger partial charge < -0.3 is 34.3 Å². The molecule has 1 aliphatic heterocycles. The Morgan fingerprint density at radius 3 is 2.37 bits per heavy atom. The van der Waals surface area contributed by atoms with Gasteiger partial charge in [-0.3, -0.25) is 9.09 Å². The Kier molecular flexibility index (Phi) is 7.64. The van der Waals surface area contributed by atoms with Crippen molar-refractivity contribution in [1.29, 1.82) is 0 Å². The molecule has 1 fully saturated rings. The fourth-order valence-corrected chi connectivity index (χ4v) is 6.34. The van der Waals surface area contributed by atoms with E-state index in [0.717, 1.165) is 6.92 Å². The first kappa shape index (κ1) is 28.2. The molecule has 0 saturated carbocycles. The van der Waals surface area contributed by atoms with Crippen LogP contribution in [0.5, 0.6) is 0 Å². The Morgan fingerprint density at radius 2 is 1.80 bits per heavy atom. The van der Waals surface area contributed by atoms with Crippen LogP contribution in [0.15, 0.2) is 6.33 Å². The van der Waals surface area contributed by atoms with Gasteiger partial charge in [-0.05, 0) is 13.8 Å². The average molecular weight is 565 g/mol. The van der Waals surface area contributed by atoms with Crippen LogP contribution in [0.3, 0.4) is 0 Å². The van der Waals surface area contributed by atoms with Crippen molar-refractivity contribution in [2.75, 3.05) is 25.6 Å². The Hall–Kier alpha value is -1.39. The molecule has 0 aliphatic carbocycles. The van der Waals surface area contributed by atoms with E-state index in [4.69, 9.17) is 14.5 Å². The number of alkyl halides is 1. The average Bonchev–Trinajstić information content (AvgIpc) is 3.15. The molecule has 2 unspecified atom stereocenters. The number of hydrogen-bond acceptors (Lipinski definition) is 12. The molecule has 2 aromatic heterocycles. The van der Waals surface area contributed by atoms with Crippen LogP contribution >= 0.6 is 23.5 Å². The number of phosphoric acid groups is 3. The van der Waals surface area contributed by atoms with Crippen LogP contribution in [0, 0.1) is 6.92 Å². The Bertz CT molecular complexity index is 1250. The van der Waals surface area contributed by atoms with Gasteiger partial charge in [0.05, 0.1) is 12.9 Å². The minimum atomic E-state index is -5.74. The van der Waals surface area contributed by atoms with Crippen LogP contribution in [0.1, 0.15) is 19.0 Å². The number of rotatable bonds is 9. The zero-order valence-corrected chi connectivity index (χ0v) is 21.2. The second-order valence-electron chi connectivity index (χ2n) is 7.82. The number of phosphoric ester groups is 1. The van der Waals surface area contributed by atoms with Gasteiger partial charge in [-0.15, -0.1) is 0 Å². The molecule has 35 heavy (non-hydrogen) atoms. The molecule has 0 aromatic carbocycles. The second-order valence-corrected chi connectivity index (χ2v) is 12.2. The summed E-state index contributed by atoms with van der Waals surface area (Å²) in [5.74, 6) is 0.779. The van der Waals surface area contributed by atoms with Gasteiger partial charge in [0.15, 0.2) is 28.9 Å². The van der Waals surface area contributed by atoms with E-state index in [-0.39, 0.29) is 5.65 Å². The van der Waals surface area contributed by atoms with E-state index in [9.17, 15) is 28.6 Å². The highest BCUT2D eigenvalue weighted by Crippen LogP contribution is 2.66. The lowest BCUT2D eigenvalue weighted by Gasteiger charge is -2.24. The zero-order valence-electron chi connectivity index (χ0n) is 18.6. The minimum absolute atomic E-state index is 0.177. The van der Waals surface area contributed by atoms with E-state index in [0.29, 0.717) is 17.2 Å². The third-order valence-electron chi connectivity index (χ3n) is 4.73. The van der Waals surface area contributed by atoms with Gasteiger partial charge >= 0.3 is 23.5 Å². The fraction of sp³-hybridized carbons (Fsp3) is 0.643. The topological polar surface area (TPSA) is 236 Å². The summed E-state index contributed by atoms with van der Waals surface area (Å²) in [5, 5.41) is 10.4. The summed E-state index contributed by atoms with van der Waals surface area (Å²) < 4.78 is 68.0. The van der Waals surface area contributed by atoms with Gasteiger partial charge in [-0.2, -0.15) is 8.62 Å². The van der Waals surface area contributed by atoms with E-state index in [2.05, 4.69) is 28.1 Å². The summed E-state index contributed by atoms with van der Waals surface area (Å²) in [6.07, 6.45) is -3.87. The number of anilines is 1. The van der Waals surface area contributed by atoms with Crippen molar-refractivity contribution < 1.29 is 60.6 Å². The van der Waals surface area contributed by atoms with Crippen LogP contribution in [0.2, 0.25) is 0 Å². The number of hydrogen-bond donors (Lipinski definition) is 5. The number of halogens is 1. The molecule has 1 aliphatic rings. The molecule has 21 heteroatoms. The lowest BCUT2D eigenvalue weighted by molar-refractivity contribution is -0.0560. The maximum atomic E-state index is 15.6. The van der Waals surface area contributed by atoms with E-state index < -0.39 is 54.2 Å². The summed E-state index contributed by atoms with van der Waals surface area (Å²) in [6.45, 7) is 1.57. The highest BCUT2D eigenvalue weighted by Gasteiger charge is 2.56. The number of fused-ring (bicyclic) bond motifs is 1. The number of imidazole rings is 1. The van der Waals surface area contributed by atoms with Crippen LogP contribution in [-0.2, 0) is 31.6 Å². The van der Waals surface area contributed by atoms with Crippen molar-refractivity contribution >= 4 is 40.4 Å². The first-order valence-electron chi connectivity index (χ1n) is 9.52. The summed E-state index contributed by atoms with van der Waals surface area (Å²) >= 11 is 0. The molecule has 6 atom stereocenters. The number of aryl methyl sites for hydroxylation is 1. The third-order valence-corrected chi connectivity index (χ3v) is 8.53. The van der Waals surface area contributed by atoms with Crippen molar-refractivity contribution in [3.05, 3.63) is 12.2 Å². The summed E-state index contributed by atoms with van der Waals surface area (Å²) in [5.41, 5.74) is -2.02. The predicted octanol–water partition coefficient (Wildman–Crippen LogP) is 0.531. The second kappa shape index (κ2) is 9.49. The highest BCUT2D eigenvalue weighted by molar-refractivity contribution is 7.66. The standard InChI is InChI=1S/C14H23FN5O12P3/c1-7-17-11(19(3)4)9-12(18-7)20(6-16-9)13-14(2,15)10(21)8(30-13)5-29-34(25,26)32-35(27,28)31-33(22,23)24/h6,8,10,13,21H,5H2,1-4H3,(H,25,26)(H,27,28)(H2,22,23,24)/t8-,10-,13-,14-/m1/s1. The van der Waals surface area contributed by atoms with E-state index in [1.165, 1.54) is 10.9 Å². The van der Waals surface area contributed by atoms with Crippen LogP contribution in [0.25, 0.3) is 11.2 Å². The maximum absolute atomic E-state index is 15.6. The molecule has 0 bridgehead atoms. The van der Waals surface area contributed by atoms with Crippen LogP contribution < -0.4 is 4.90 Å². The lowest BCUT2D eigenvalue weighted by Crippen LogP contribution is -2.40. The smallest absolute Gasteiger partial charge is 0.387 e. The van der Waals surface area contributed by atoms with Gasteiger partial charge in [0.25, 0.3) is 0 Å². The molecule has 0 radical (unpaired) electrons. The number of aromatic nitrogens is 4. The van der Waals surface area contributed by atoms with Gasteiger partial charge in [-0.25, -0.2) is 33.0 Å². The quantitative estimate of drug-likeness (QED) is 0.261. The number of aliphatic hydroxyl groups excluding tert-OH is 1. The molecule has 2 aromatic rings. The molecule has 3 heterocycles. The third kappa shape index (κ3) is 6.31. The van der Waals surface area contributed by atoms with E-state index >= 15 is 4.39 Å². The molecule has 0 spiro atoms. The van der Waals surface area contributed by atoms with Crippen LogP contribution in [0.4, 0.5) is 10.2 Å². The molecule has 0 amide bonds. The monoisotopic (exact) mass is 565 g/mol. The zero-order chi connectivity index (χ0) is 26.6. The molecular weight excluding hydrogens is 542 g/mol. The van der Waals surface area contributed by atoms with Crippen molar-refractivity contribution in [3.63, 3.8) is 0 Å². The fourth-order valence-electron chi connectivity index (χ4n) is 3.31. The summed E-state index contributed by atoms with van der Waals surface area (Å²) in [6, 6.07) is 0. The number of aliphatic hydroxyl groups is 1. The van der Waals surface area contributed by atoms with Gasteiger partial charge in [0.1, 0.15) is 18.0 Å².